The third-order valence-electron chi connectivity index (χ3n) is 5.98. The van der Waals surface area contributed by atoms with Crippen LogP contribution in [-0.2, 0) is 17.1 Å². The van der Waals surface area contributed by atoms with Crippen LogP contribution in [-0.4, -0.2) is 49.1 Å². The summed E-state index contributed by atoms with van der Waals surface area (Å²) >= 11 is 0. The van der Waals surface area contributed by atoms with Crippen LogP contribution < -0.4 is 20.5 Å². The van der Waals surface area contributed by atoms with Gasteiger partial charge in [-0.25, -0.2) is 27.2 Å². The summed E-state index contributed by atoms with van der Waals surface area (Å²) in [7, 11) is -3.01. The number of fused-ring (bicyclic) bond motifs is 1. The monoisotopic (exact) mass is 512 g/mol. The van der Waals surface area contributed by atoms with E-state index in [9.17, 15) is 22.0 Å². The molecule has 0 aliphatic carbocycles. The molecule has 5 rings (SSSR count). The number of piperazine rings is 1. The predicted molar refractivity (Wildman–Crippen MR) is 132 cm³/mol. The zero-order valence-electron chi connectivity index (χ0n) is 19.2. The molecule has 0 saturated carbocycles. The molecule has 0 spiro atoms. The van der Waals surface area contributed by atoms with Crippen LogP contribution in [0.4, 0.5) is 20.3 Å². The van der Waals surface area contributed by atoms with Crippen molar-refractivity contribution in [1.29, 1.82) is 0 Å². The molecule has 0 amide bonds. The first-order chi connectivity index (χ1) is 17.2. The summed E-state index contributed by atoms with van der Waals surface area (Å²) in [6.07, 6.45) is 3.10. The Labute approximate surface area is 205 Å². The summed E-state index contributed by atoms with van der Waals surface area (Å²) in [4.78, 5) is 23.0. The third kappa shape index (κ3) is 4.52. The summed E-state index contributed by atoms with van der Waals surface area (Å²) < 4.78 is 56.4. The first-order valence-corrected chi connectivity index (χ1v) is 12.6. The summed E-state index contributed by atoms with van der Waals surface area (Å²) in [5.74, 6) is -1.38. The molecule has 0 unspecified atom stereocenters. The maximum atomic E-state index is 14.2. The SMILES string of the molecule is Cn1cc(-c2ccc3ncnc(N4CCNCC4)c3c2)cc(NS(=O)(=O)c2ccc(F)cc2F)c1=O. The minimum atomic E-state index is -4.49. The third-order valence-corrected chi connectivity index (χ3v) is 7.37. The largest absolute Gasteiger partial charge is 0.353 e. The maximum absolute atomic E-state index is 14.2. The summed E-state index contributed by atoms with van der Waals surface area (Å²) in [6, 6.07) is 9.04. The van der Waals surface area contributed by atoms with Gasteiger partial charge < -0.3 is 14.8 Å². The zero-order valence-corrected chi connectivity index (χ0v) is 20.0. The highest BCUT2D eigenvalue weighted by molar-refractivity contribution is 7.92. The lowest BCUT2D eigenvalue weighted by molar-refractivity contribution is 0.551. The number of hydrogen-bond donors (Lipinski definition) is 2. The van der Waals surface area contributed by atoms with Crippen LogP contribution in [0.1, 0.15) is 0 Å². The number of anilines is 2. The quantitative estimate of drug-likeness (QED) is 0.423. The number of rotatable bonds is 5. The molecule has 2 aromatic carbocycles. The minimum absolute atomic E-state index is 0.273. The van der Waals surface area contributed by atoms with Crippen LogP contribution in [0.5, 0.6) is 0 Å². The Bertz CT molecular complexity index is 1640. The average molecular weight is 513 g/mol. The van der Waals surface area contributed by atoms with E-state index in [2.05, 4.69) is 24.9 Å². The van der Waals surface area contributed by atoms with E-state index in [-0.39, 0.29) is 5.69 Å². The topological polar surface area (TPSA) is 109 Å². The molecular formula is C24H22F2N6O3S. The van der Waals surface area contributed by atoms with Crippen LogP contribution in [0, 0.1) is 11.6 Å². The Kier molecular flexibility index (Phi) is 6.14. The van der Waals surface area contributed by atoms with Gasteiger partial charge in [0.15, 0.2) is 0 Å². The molecule has 1 saturated heterocycles. The Morgan fingerprint density at radius 3 is 2.53 bits per heavy atom. The Hall–Kier alpha value is -3.90. The van der Waals surface area contributed by atoms with Gasteiger partial charge in [0.05, 0.1) is 5.52 Å². The van der Waals surface area contributed by atoms with E-state index >= 15 is 0 Å². The van der Waals surface area contributed by atoms with Gasteiger partial charge in [-0.15, -0.1) is 0 Å². The van der Waals surface area contributed by atoms with Gasteiger partial charge in [0.2, 0.25) is 0 Å². The van der Waals surface area contributed by atoms with E-state index in [0.29, 0.717) is 17.2 Å². The van der Waals surface area contributed by atoms with Gasteiger partial charge in [0, 0.05) is 56.4 Å². The number of aryl methyl sites for hydroxylation is 1. The Morgan fingerprint density at radius 2 is 1.78 bits per heavy atom. The van der Waals surface area contributed by atoms with Crippen molar-refractivity contribution in [1.82, 2.24) is 19.9 Å². The Morgan fingerprint density at radius 1 is 1.00 bits per heavy atom. The van der Waals surface area contributed by atoms with Crippen LogP contribution in [0.2, 0.25) is 0 Å². The first-order valence-electron chi connectivity index (χ1n) is 11.1. The number of benzene rings is 2. The van der Waals surface area contributed by atoms with E-state index in [1.807, 2.05) is 18.2 Å². The second-order valence-corrected chi connectivity index (χ2v) is 10.1. The smallest absolute Gasteiger partial charge is 0.274 e. The molecule has 3 heterocycles. The van der Waals surface area contributed by atoms with E-state index in [1.165, 1.54) is 24.0 Å². The van der Waals surface area contributed by atoms with Crippen molar-refractivity contribution in [2.45, 2.75) is 4.90 Å². The summed E-state index contributed by atoms with van der Waals surface area (Å²) in [6.45, 7) is 3.26. The number of aromatic nitrogens is 3. The van der Waals surface area contributed by atoms with Crippen molar-refractivity contribution in [2.24, 2.45) is 7.05 Å². The van der Waals surface area contributed by atoms with Gasteiger partial charge in [-0.2, -0.15) is 0 Å². The summed E-state index contributed by atoms with van der Waals surface area (Å²) in [5.41, 5.74) is 1.10. The number of nitrogens with one attached hydrogen (secondary N) is 2. The molecule has 36 heavy (non-hydrogen) atoms. The van der Waals surface area contributed by atoms with E-state index in [0.717, 1.165) is 55.0 Å². The normalized spacial score (nSPS) is 14.2. The number of pyridine rings is 1. The van der Waals surface area contributed by atoms with Gasteiger partial charge in [-0.3, -0.25) is 9.52 Å². The lowest BCUT2D eigenvalue weighted by atomic mass is 10.0. The summed E-state index contributed by atoms with van der Waals surface area (Å²) in [5, 5.41) is 4.13. The second kappa shape index (κ2) is 9.28. The van der Waals surface area contributed by atoms with Crippen molar-refractivity contribution in [3.63, 3.8) is 0 Å². The minimum Gasteiger partial charge on any atom is -0.353 e. The maximum Gasteiger partial charge on any atom is 0.274 e. The van der Waals surface area contributed by atoms with E-state index in [4.69, 9.17) is 0 Å². The van der Waals surface area contributed by atoms with Gasteiger partial charge in [-0.05, 0) is 35.9 Å². The lowest BCUT2D eigenvalue weighted by Crippen LogP contribution is -2.44. The van der Waals surface area contributed by atoms with Gasteiger partial charge in [-0.1, -0.05) is 6.07 Å². The van der Waals surface area contributed by atoms with E-state index in [1.54, 1.807) is 6.20 Å². The standard InChI is InChI=1S/C24H22F2N6O3S/c1-31-13-16(11-21(24(31)33)30-36(34,35)22-5-3-17(25)12-19(22)26)15-2-4-20-18(10-15)23(29-14-28-20)32-8-6-27-7-9-32/h2-5,10-14,27,30H,6-9H2,1H3. The molecule has 0 bridgehead atoms. The molecule has 12 heteroatoms. The molecular weight excluding hydrogens is 490 g/mol. The average Bonchev–Trinajstić information content (AvgIpc) is 2.86. The molecule has 2 aromatic heterocycles. The number of hydrogen-bond acceptors (Lipinski definition) is 7. The highest BCUT2D eigenvalue weighted by Crippen LogP contribution is 2.30. The molecule has 0 atom stereocenters. The van der Waals surface area contributed by atoms with Crippen molar-refractivity contribution in [2.75, 3.05) is 35.8 Å². The van der Waals surface area contributed by atoms with Crippen molar-refractivity contribution >= 4 is 32.4 Å². The molecule has 1 aliphatic rings. The highest BCUT2D eigenvalue weighted by Gasteiger charge is 2.22. The van der Waals surface area contributed by atoms with Crippen LogP contribution >= 0.6 is 0 Å². The molecule has 1 aliphatic heterocycles. The van der Waals surface area contributed by atoms with Crippen molar-refractivity contribution < 1.29 is 17.2 Å². The lowest BCUT2D eigenvalue weighted by Gasteiger charge is -2.29. The van der Waals surface area contributed by atoms with Crippen LogP contribution in [0.25, 0.3) is 22.0 Å². The molecule has 2 N–H and O–H groups in total. The molecule has 9 nitrogen and oxygen atoms in total. The van der Waals surface area contributed by atoms with Gasteiger partial charge in [0.1, 0.15) is 34.4 Å². The van der Waals surface area contributed by atoms with Crippen molar-refractivity contribution in [3.8, 4) is 11.1 Å². The first kappa shape index (κ1) is 23.8. The van der Waals surface area contributed by atoms with Crippen LogP contribution in [0.3, 0.4) is 0 Å². The molecule has 1 fully saturated rings. The van der Waals surface area contributed by atoms with Crippen molar-refractivity contribution in [3.05, 3.63) is 77.0 Å². The molecule has 186 valence electrons. The second-order valence-electron chi connectivity index (χ2n) is 8.41. The van der Waals surface area contributed by atoms with Gasteiger partial charge in [0.25, 0.3) is 15.6 Å². The fraction of sp³-hybridized carbons (Fsp3) is 0.208. The number of nitrogens with zero attached hydrogens (tertiary/aromatic N) is 4. The fourth-order valence-electron chi connectivity index (χ4n) is 4.19. The number of halogens is 2. The van der Waals surface area contributed by atoms with Crippen LogP contribution in [0.15, 0.2) is 64.7 Å². The highest BCUT2D eigenvalue weighted by atomic mass is 32.2. The van der Waals surface area contributed by atoms with E-state index < -0.39 is 32.1 Å². The number of sulfonamides is 1. The zero-order chi connectivity index (χ0) is 25.4. The molecule has 4 aromatic rings. The molecule has 0 radical (unpaired) electrons. The Balaban J connectivity index is 1.56. The fourth-order valence-corrected chi connectivity index (χ4v) is 5.30. The van der Waals surface area contributed by atoms with Gasteiger partial charge >= 0.3 is 0 Å². The predicted octanol–water partition coefficient (Wildman–Crippen LogP) is 2.48.